The van der Waals surface area contributed by atoms with Crippen molar-refractivity contribution in [1.29, 1.82) is 0 Å². The predicted octanol–water partition coefficient (Wildman–Crippen LogP) is 3.26. The van der Waals surface area contributed by atoms with Crippen LogP contribution in [0.1, 0.15) is 43.7 Å². The Labute approximate surface area is 92.1 Å². The van der Waals surface area contributed by atoms with E-state index in [1.165, 1.54) is 11.1 Å². The second-order valence-corrected chi connectivity index (χ2v) is 5.07. The third-order valence-corrected chi connectivity index (χ3v) is 4.26. The lowest BCUT2D eigenvalue weighted by Crippen LogP contribution is -2.49. The number of rotatable bonds is 2. The topological polar surface area (TPSA) is 20.2 Å². The van der Waals surface area contributed by atoms with Crippen LogP contribution < -0.4 is 0 Å². The number of aliphatic hydroxyl groups excluding tert-OH is 1. The molecule has 0 aromatic heterocycles. The summed E-state index contributed by atoms with van der Waals surface area (Å²) < 4.78 is 0. The molecule has 3 unspecified atom stereocenters. The first-order valence-electron chi connectivity index (χ1n) is 5.82. The molecule has 3 atom stereocenters. The summed E-state index contributed by atoms with van der Waals surface area (Å²) in [6.07, 6.45) is 1.86. The smallest absolute Gasteiger partial charge is 0.0605 e. The largest absolute Gasteiger partial charge is 0.393 e. The molecular weight excluding hydrogens is 184 g/mol. The van der Waals surface area contributed by atoms with Gasteiger partial charge in [-0.1, -0.05) is 43.7 Å². The molecule has 1 heteroatoms. The van der Waals surface area contributed by atoms with Crippen molar-refractivity contribution in [2.24, 2.45) is 5.41 Å². The van der Waals surface area contributed by atoms with Crippen molar-refractivity contribution in [2.75, 3.05) is 0 Å². The first kappa shape index (κ1) is 10.7. The highest BCUT2D eigenvalue weighted by Crippen LogP contribution is 2.54. The Bertz CT molecular complexity index is 341. The Hall–Kier alpha value is -0.820. The molecule has 0 amide bonds. The van der Waals surface area contributed by atoms with Gasteiger partial charge in [-0.15, -0.1) is 0 Å². The highest BCUT2D eigenvalue weighted by molar-refractivity contribution is 5.29. The monoisotopic (exact) mass is 204 g/mol. The van der Waals surface area contributed by atoms with Gasteiger partial charge in [-0.05, 0) is 31.2 Å². The van der Waals surface area contributed by atoms with Gasteiger partial charge >= 0.3 is 0 Å². The molecule has 1 aliphatic rings. The molecule has 0 aliphatic heterocycles. The summed E-state index contributed by atoms with van der Waals surface area (Å²) in [7, 11) is 0. The van der Waals surface area contributed by atoms with Crippen molar-refractivity contribution in [3.63, 3.8) is 0 Å². The Morgan fingerprint density at radius 1 is 1.33 bits per heavy atom. The van der Waals surface area contributed by atoms with E-state index >= 15 is 0 Å². The third-order valence-electron chi connectivity index (χ3n) is 4.26. The molecule has 1 fully saturated rings. The quantitative estimate of drug-likeness (QED) is 0.784. The molecule has 1 nitrogen and oxygen atoms in total. The zero-order valence-electron chi connectivity index (χ0n) is 9.83. The summed E-state index contributed by atoms with van der Waals surface area (Å²) in [5.41, 5.74) is 2.78. The molecule has 0 heterocycles. The summed E-state index contributed by atoms with van der Waals surface area (Å²) in [6.45, 7) is 6.48. The molecule has 1 aliphatic carbocycles. The average Bonchev–Trinajstić information content (AvgIpc) is 2.26. The zero-order chi connectivity index (χ0) is 11.1. The molecule has 0 radical (unpaired) electrons. The van der Waals surface area contributed by atoms with Gasteiger partial charge in [0.2, 0.25) is 0 Å². The van der Waals surface area contributed by atoms with Gasteiger partial charge in [0.1, 0.15) is 0 Å². The fraction of sp³-hybridized carbons (Fsp3) is 0.571. The second-order valence-electron chi connectivity index (χ2n) is 5.07. The first-order chi connectivity index (χ1) is 7.08. The Morgan fingerprint density at radius 2 is 1.93 bits per heavy atom. The van der Waals surface area contributed by atoms with Crippen LogP contribution in [0.25, 0.3) is 0 Å². The molecule has 0 spiro atoms. The van der Waals surface area contributed by atoms with Crippen molar-refractivity contribution in [3.8, 4) is 0 Å². The van der Waals surface area contributed by atoms with Gasteiger partial charge in [0.15, 0.2) is 0 Å². The standard InChI is InChI=1S/C14H20O/c1-4-14(3)12(9-13(14)15)11-7-5-10(2)6-8-11/h5-8,12-13,15H,4,9H2,1-3H3. The molecule has 2 rings (SSSR count). The number of hydrogen-bond donors (Lipinski definition) is 1. The highest BCUT2D eigenvalue weighted by Gasteiger charge is 2.49. The molecular formula is C14H20O. The minimum atomic E-state index is -0.117. The van der Waals surface area contributed by atoms with Crippen molar-refractivity contribution in [3.05, 3.63) is 35.4 Å². The lowest BCUT2D eigenvalue weighted by atomic mass is 9.55. The molecule has 1 aromatic rings. The second kappa shape index (κ2) is 3.64. The van der Waals surface area contributed by atoms with Crippen LogP contribution in [-0.2, 0) is 0 Å². The molecule has 82 valence electrons. The Morgan fingerprint density at radius 3 is 2.40 bits per heavy atom. The lowest BCUT2D eigenvalue weighted by molar-refractivity contribution is -0.0777. The summed E-state index contributed by atoms with van der Waals surface area (Å²) in [6, 6.07) is 8.74. The summed E-state index contributed by atoms with van der Waals surface area (Å²) in [5.74, 6) is 0.540. The number of aryl methyl sites for hydroxylation is 1. The van der Waals surface area contributed by atoms with Crippen molar-refractivity contribution in [2.45, 2.75) is 45.6 Å². The fourth-order valence-corrected chi connectivity index (χ4v) is 2.63. The normalized spacial score (nSPS) is 34.9. The average molecular weight is 204 g/mol. The van der Waals surface area contributed by atoms with Gasteiger partial charge < -0.3 is 5.11 Å². The summed E-state index contributed by atoms with van der Waals surface area (Å²) >= 11 is 0. The SMILES string of the molecule is CCC1(C)C(O)CC1c1ccc(C)cc1. The Balaban J connectivity index is 2.23. The van der Waals surface area contributed by atoms with E-state index in [9.17, 15) is 5.11 Å². The van der Waals surface area contributed by atoms with E-state index < -0.39 is 0 Å². The van der Waals surface area contributed by atoms with Gasteiger partial charge in [-0.25, -0.2) is 0 Å². The molecule has 1 N–H and O–H groups in total. The predicted molar refractivity (Wildman–Crippen MR) is 62.9 cm³/mol. The van der Waals surface area contributed by atoms with Crippen LogP contribution in [0.3, 0.4) is 0 Å². The molecule has 1 saturated carbocycles. The van der Waals surface area contributed by atoms with E-state index in [4.69, 9.17) is 0 Å². The summed E-state index contributed by atoms with van der Waals surface area (Å²) in [4.78, 5) is 0. The van der Waals surface area contributed by atoms with E-state index in [-0.39, 0.29) is 11.5 Å². The van der Waals surface area contributed by atoms with Crippen LogP contribution in [0.15, 0.2) is 24.3 Å². The van der Waals surface area contributed by atoms with Crippen LogP contribution in [0.4, 0.5) is 0 Å². The number of benzene rings is 1. The third kappa shape index (κ3) is 1.59. The van der Waals surface area contributed by atoms with Gasteiger partial charge in [-0.3, -0.25) is 0 Å². The van der Waals surface area contributed by atoms with Crippen LogP contribution >= 0.6 is 0 Å². The van der Waals surface area contributed by atoms with Gasteiger partial charge in [0, 0.05) is 5.41 Å². The van der Waals surface area contributed by atoms with Gasteiger partial charge in [-0.2, -0.15) is 0 Å². The zero-order valence-corrected chi connectivity index (χ0v) is 9.83. The van der Waals surface area contributed by atoms with Crippen LogP contribution in [0.2, 0.25) is 0 Å². The van der Waals surface area contributed by atoms with Crippen molar-refractivity contribution in [1.82, 2.24) is 0 Å². The maximum Gasteiger partial charge on any atom is 0.0605 e. The fourth-order valence-electron chi connectivity index (χ4n) is 2.63. The first-order valence-corrected chi connectivity index (χ1v) is 5.82. The minimum Gasteiger partial charge on any atom is -0.393 e. The van der Waals surface area contributed by atoms with E-state index in [1.807, 2.05) is 0 Å². The van der Waals surface area contributed by atoms with Crippen molar-refractivity contribution >= 4 is 0 Å². The Kier molecular flexibility index (Phi) is 2.59. The molecule has 1 aromatic carbocycles. The maximum atomic E-state index is 9.85. The van der Waals surface area contributed by atoms with Crippen LogP contribution in [0.5, 0.6) is 0 Å². The van der Waals surface area contributed by atoms with Crippen LogP contribution in [0, 0.1) is 12.3 Å². The molecule has 15 heavy (non-hydrogen) atoms. The van der Waals surface area contributed by atoms with E-state index in [0.717, 1.165) is 12.8 Å². The highest BCUT2D eigenvalue weighted by atomic mass is 16.3. The number of hydrogen-bond acceptors (Lipinski definition) is 1. The van der Waals surface area contributed by atoms with Gasteiger partial charge in [0.25, 0.3) is 0 Å². The van der Waals surface area contributed by atoms with Gasteiger partial charge in [0.05, 0.1) is 6.10 Å². The number of aliphatic hydroxyl groups is 1. The van der Waals surface area contributed by atoms with Crippen LogP contribution in [-0.4, -0.2) is 11.2 Å². The molecule has 0 bridgehead atoms. The summed E-state index contributed by atoms with van der Waals surface area (Å²) in [5, 5.41) is 9.85. The maximum absolute atomic E-state index is 9.85. The van der Waals surface area contributed by atoms with E-state index in [0.29, 0.717) is 5.92 Å². The van der Waals surface area contributed by atoms with E-state index in [2.05, 4.69) is 45.0 Å². The lowest BCUT2D eigenvalue weighted by Gasteiger charge is -2.51. The van der Waals surface area contributed by atoms with E-state index in [1.54, 1.807) is 0 Å². The molecule has 0 saturated heterocycles. The van der Waals surface area contributed by atoms with Crippen molar-refractivity contribution < 1.29 is 5.11 Å². The minimum absolute atomic E-state index is 0.0925.